The minimum atomic E-state index is -0.859. The van der Waals surface area contributed by atoms with Crippen molar-refractivity contribution >= 4 is 22.9 Å². The Labute approximate surface area is 149 Å². The van der Waals surface area contributed by atoms with E-state index in [1.54, 1.807) is 13.1 Å². The van der Waals surface area contributed by atoms with Crippen molar-refractivity contribution in [1.82, 2.24) is 30.2 Å². The van der Waals surface area contributed by atoms with Crippen LogP contribution in [0.5, 0.6) is 0 Å². The molecule has 0 fully saturated rings. The summed E-state index contributed by atoms with van der Waals surface area (Å²) in [6.45, 7) is 6.08. The topological polar surface area (TPSA) is 108 Å². The summed E-state index contributed by atoms with van der Waals surface area (Å²) < 4.78 is 13.5. The van der Waals surface area contributed by atoms with Crippen molar-refractivity contribution in [2.75, 3.05) is 11.9 Å². The van der Waals surface area contributed by atoms with Crippen LogP contribution >= 0.6 is 0 Å². The first-order chi connectivity index (χ1) is 12.5. The van der Waals surface area contributed by atoms with Gasteiger partial charge in [0.2, 0.25) is 11.9 Å². The smallest absolute Gasteiger partial charge is 0.245 e. The van der Waals surface area contributed by atoms with E-state index in [1.807, 2.05) is 13.8 Å². The molecule has 0 aliphatic carbocycles. The molecule has 26 heavy (non-hydrogen) atoms. The van der Waals surface area contributed by atoms with Crippen molar-refractivity contribution in [2.45, 2.75) is 32.7 Å². The molecule has 3 heterocycles. The van der Waals surface area contributed by atoms with Crippen LogP contribution in [0.25, 0.3) is 22.4 Å². The molecule has 0 aromatic carbocycles. The van der Waals surface area contributed by atoms with Gasteiger partial charge in [0, 0.05) is 23.7 Å². The van der Waals surface area contributed by atoms with Gasteiger partial charge in [0.05, 0.1) is 6.20 Å². The number of pyridine rings is 1. The molecule has 0 aliphatic rings. The number of fused-ring (bicyclic) bond motifs is 1. The summed E-state index contributed by atoms with van der Waals surface area (Å²) in [6, 6.07) is 1.37. The van der Waals surface area contributed by atoms with Crippen molar-refractivity contribution < 1.29 is 9.18 Å². The molecule has 0 saturated carbocycles. The second kappa shape index (κ2) is 7.03. The van der Waals surface area contributed by atoms with Crippen molar-refractivity contribution in [3.63, 3.8) is 0 Å². The number of nitrogens with zero attached hydrogens (tertiary/aromatic N) is 4. The number of rotatable bonds is 6. The number of carbonyl (C=O) groups is 1. The zero-order valence-electron chi connectivity index (χ0n) is 14.8. The van der Waals surface area contributed by atoms with Crippen molar-refractivity contribution in [3.05, 3.63) is 30.6 Å². The van der Waals surface area contributed by atoms with Gasteiger partial charge in [0.1, 0.15) is 23.3 Å². The van der Waals surface area contributed by atoms with Gasteiger partial charge in [-0.1, -0.05) is 6.92 Å². The summed E-state index contributed by atoms with van der Waals surface area (Å²) in [5.41, 5.74) is 0.286. The van der Waals surface area contributed by atoms with Gasteiger partial charge in [-0.05, 0) is 26.3 Å². The number of aromatic amines is 1. The number of nitrogens with one attached hydrogen (secondary N) is 3. The van der Waals surface area contributed by atoms with Gasteiger partial charge in [-0.15, -0.1) is 0 Å². The predicted octanol–water partition coefficient (Wildman–Crippen LogP) is 2.27. The Hall–Kier alpha value is -3.10. The monoisotopic (exact) mass is 357 g/mol. The van der Waals surface area contributed by atoms with Gasteiger partial charge in [-0.25, -0.2) is 19.3 Å². The molecule has 1 unspecified atom stereocenters. The Morgan fingerprint density at radius 1 is 1.31 bits per heavy atom. The molecule has 3 aromatic heterocycles. The highest BCUT2D eigenvalue weighted by atomic mass is 19.1. The van der Waals surface area contributed by atoms with Gasteiger partial charge in [-0.3, -0.25) is 4.79 Å². The lowest BCUT2D eigenvalue weighted by Crippen LogP contribution is -2.50. The molecule has 8 nitrogen and oxygen atoms in total. The first-order valence-electron chi connectivity index (χ1n) is 8.35. The Balaban J connectivity index is 1.95. The van der Waals surface area contributed by atoms with E-state index in [9.17, 15) is 9.18 Å². The fraction of sp³-hybridized carbons (Fsp3) is 0.353. The number of hydrogen-bond donors (Lipinski definition) is 3. The minimum absolute atomic E-state index is 0.136. The predicted molar refractivity (Wildman–Crippen MR) is 95.9 cm³/mol. The summed E-state index contributed by atoms with van der Waals surface area (Å²) in [4.78, 5) is 31.9. The highest BCUT2D eigenvalue weighted by molar-refractivity contribution is 5.92. The van der Waals surface area contributed by atoms with Gasteiger partial charge in [-0.2, -0.15) is 4.98 Å². The maximum absolute atomic E-state index is 13.5. The third-order valence-electron chi connectivity index (χ3n) is 4.24. The molecule has 3 rings (SSSR count). The summed E-state index contributed by atoms with van der Waals surface area (Å²) in [7, 11) is 0. The Kier molecular flexibility index (Phi) is 4.79. The van der Waals surface area contributed by atoms with Crippen LogP contribution in [0.3, 0.4) is 0 Å². The Bertz CT molecular complexity index is 942. The third-order valence-corrected chi connectivity index (χ3v) is 4.24. The SMILES string of the molecule is CCNC(=O)C(C)(CC)Nc1ncnc(-c2c[nH]c3ncc(F)cc23)n1. The van der Waals surface area contributed by atoms with E-state index in [-0.39, 0.29) is 11.9 Å². The standard InChI is InChI=1S/C17H20FN7O/c1-4-17(3,15(26)19-5-2)25-16-23-9-22-14(24-16)12-8-21-13-11(12)6-10(18)7-20-13/h6-9H,4-5H2,1-3H3,(H,19,26)(H,20,21)(H,22,23,24,25). The summed E-state index contributed by atoms with van der Waals surface area (Å²) in [6.07, 6.45) is 4.70. The lowest BCUT2D eigenvalue weighted by Gasteiger charge is -2.28. The third kappa shape index (κ3) is 3.32. The van der Waals surface area contributed by atoms with Gasteiger partial charge >= 0.3 is 0 Å². The molecule has 9 heteroatoms. The van der Waals surface area contributed by atoms with Crippen LogP contribution in [-0.4, -0.2) is 42.9 Å². The molecule has 0 saturated heterocycles. The number of halogens is 1. The molecule has 3 aromatic rings. The van der Waals surface area contributed by atoms with E-state index in [4.69, 9.17) is 0 Å². The maximum atomic E-state index is 13.5. The van der Waals surface area contributed by atoms with Crippen LogP contribution in [0.4, 0.5) is 10.3 Å². The first kappa shape index (κ1) is 17.7. The molecule has 136 valence electrons. The average Bonchev–Trinajstić information content (AvgIpc) is 3.05. The molecule has 0 radical (unpaired) electrons. The summed E-state index contributed by atoms with van der Waals surface area (Å²) in [5.74, 6) is 0.0446. The van der Waals surface area contributed by atoms with E-state index in [0.29, 0.717) is 35.4 Å². The van der Waals surface area contributed by atoms with Crippen LogP contribution < -0.4 is 10.6 Å². The largest absolute Gasteiger partial charge is 0.354 e. The normalized spacial score (nSPS) is 13.4. The van der Waals surface area contributed by atoms with Crippen LogP contribution in [-0.2, 0) is 4.79 Å². The fourth-order valence-electron chi connectivity index (χ4n) is 2.56. The summed E-state index contributed by atoms with van der Waals surface area (Å²) >= 11 is 0. The van der Waals surface area contributed by atoms with Crippen LogP contribution in [0, 0.1) is 5.82 Å². The van der Waals surface area contributed by atoms with Gasteiger partial charge < -0.3 is 15.6 Å². The fourth-order valence-corrected chi connectivity index (χ4v) is 2.56. The lowest BCUT2D eigenvalue weighted by molar-refractivity contribution is -0.125. The number of amides is 1. The van der Waals surface area contributed by atoms with Crippen LogP contribution in [0.15, 0.2) is 24.8 Å². The molecule has 1 atom stereocenters. The Morgan fingerprint density at radius 2 is 2.12 bits per heavy atom. The quantitative estimate of drug-likeness (QED) is 0.624. The maximum Gasteiger partial charge on any atom is 0.245 e. The Morgan fingerprint density at radius 3 is 2.85 bits per heavy atom. The highest BCUT2D eigenvalue weighted by Crippen LogP contribution is 2.26. The lowest BCUT2D eigenvalue weighted by atomic mass is 9.98. The number of anilines is 1. The van der Waals surface area contributed by atoms with Crippen LogP contribution in [0.1, 0.15) is 27.2 Å². The number of aromatic nitrogens is 5. The second-order valence-corrected chi connectivity index (χ2v) is 6.05. The van der Waals surface area contributed by atoms with E-state index in [2.05, 4.69) is 35.6 Å². The number of H-pyrrole nitrogens is 1. The number of likely N-dealkylation sites (N-methyl/N-ethyl adjacent to an activating group) is 1. The molecule has 3 N–H and O–H groups in total. The van der Waals surface area contributed by atoms with E-state index < -0.39 is 11.4 Å². The van der Waals surface area contributed by atoms with E-state index >= 15 is 0 Å². The first-order valence-corrected chi connectivity index (χ1v) is 8.35. The number of hydrogen-bond acceptors (Lipinski definition) is 6. The second-order valence-electron chi connectivity index (χ2n) is 6.05. The zero-order chi connectivity index (χ0) is 18.7. The molecule has 1 amide bonds. The van der Waals surface area contributed by atoms with Crippen molar-refractivity contribution in [2.24, 2.45) is 0 Å². The van der Waals surface area contributed by atoms with Crippen molar-refractivity contribution in [3.8, 4) is 11.4 Å². The molecule has 0 bridgehead atoms. The zero-order valence-corrected chi connectivity index (χ0v) is 14.8. The molecular weight excluding hydrogens is 337 g/mol. The van der Waals surface area contributed by atoms with Gasteiger partial charge in [0.25, 0.3) is 0 Å². The minimum Gasteiger partial charge on any atom is -0.354 e. The van der Waals surface area contributed by atoms with Crippen LogP contribution in [0.2, 0.25) is 0 Å². The molecule has 0 spiro atoms. The summed E-state index contributed by atoms with van der Waals surface area (Å²) in [5, 5.41) is 6.45. The molecular formula is C17H20FN7O. The van der Waals surface area contributed by atoms with E-state index in [1.165, 1.54) is 12.4 Å². The average molecular weight is 357 g/mol. The van der Waals surface area contributed by atoms with E-state index in [0.717, 1.165) is 6.20 Å². The van der Waals surface area contributed by atoms with Crippen molar-refractivity contribution in [1.29, 1.82) is 0 Å². The number of carbonyl (C=O) groups excluding carboxylic acids is 1. The highest BCUT2D eigenvalue weighted by Gasteiger charge is 2.31. The van der Waals surface area contributed by atoms with Gasteiger partial charge in [0.15, 0.2) is 5.82 Å². The molecule has 0 aliphatic heterocycles.